The second kappa shape index (κ2) is 7.30. The summed E-state index contributed by atoms with van der Waals surface area (Å²) < 4.78 is 1.18. The Morgan fingerprint density at radius 2 is 2.16 bits per heavy atom. The molecule has 1 saturated heterocycles. The predicted molar refractivity (Wildman–Crippen MR) is 86.8 cm³/mol. The van der Waals surface area contributed by atoms with Gasteiger partial charge in [0, 0.05) is 29.3 Å². The molecule has 3 heteroatoms. The number of hydrogen-bond donors (Lipinski definition) is 1. The monoisotopic (exact) mass is 324 g/mol. The number of hydrogen-bond acceptors (Lipinski definition) is 2. The zero-order valence-electron chi connectivity index (χ0n) is 12.1. The average Bonchev–Trinajstić information content (AvgIpc) is 2.45. The minimum Gasteiger partial charge on any atom is -0.368 e. The van der Waals surface area contributed by atoms with Crippen molar-refractivity contribution in [2.75, 3.05) is 18.0 Å². The fourth-order valence-electron chi connectivity index (χ4n) is 2.98. The van der Waals surface area contributed by atoms with Crippen molar-refractivity contribution in [3.63, 3.8) is 0 Å². The molecule has 0 amide bonds. The van der Waals surface area contributed by atoms with Gasteiger partial charge in [-0.25, -0.2) is 0 Å². The largest absolute Gasteiger partial charge is 0.368 e. The third kappa shape index (κ3) is 3.73. The second-order valence-corrected chi connectivity index (χ2v) is 6.22. The highest BCUT2D eigenvalue weighted by molar-refractivity contribution is 9.10. The van der Waals surface area contributed by atoms with Gasteiger partial charge in [0.05, 0.1) is 0 Å². The van der Waals surface area contributed by atoms with Gasteiger partial charge < -0.3 is 10.2 Å². The maximum absolute atomic E-state index is 3.60. The Bertz CT molecular complexity index is 406. The first kappa shape index (κ1) is 14.9. The molecule has 106 valence electrons. The van der Waals surface area contributed by atoms with Gasteiger partial charge in [-0.15, -0.1) is 0 Å². The van der Waals surface area contributed by atoms with Gasteiger partial charge in [-0.1, -0.05) is 29.8 Å². The van der Waals surface area contributed by atoms with E-state index in [1.54, 1.807) is 0 Å². The average molecular weight is 325 g/mol. The van der Waals surface area contributed by atoms with Crippen molar-refractivity contribution >= 4 is 21.6 Å². The zero-order valence-corrected chi connectivity index (χ0v) is 13.7. The molecule has 1 atom stereocenters. The number of benzene rings is 1. The Hall–Kier alpha value is -0.540. The molecule has 1 aliphatic heterocycles. The second-order valence-electron chi connectivity index (χ2n) is 5.30. The van der Waals surface area contributed by atoms with Crippen LogP contribution in [0.1, 0.15) is 45.1 Å². The molecule has 0 saturated carbocycles. The topological polar surface area (TPSA) is 15.3 Å². The fraction of sp³-hybridized carbons (Fsp3) is 0.625. The van der Waals surface area contributed by atoms with E-state index in [9.17, 15) is 0 Å². The molecule has 2 nitrogen and oxygen atoms in total. The van der Waals surface area contributed by atoms with Gasteiger partial charge in [-0.3, -0.25) is 0 Å². The molecule has 0 aromatic heterocycles. The Morgan fingerprint density at radius 1 is 1.32 bits per heavy atom. The van der Waals surface area contributed by atoms with Crippen LogP contribution in [0.5, 0.6) is 0 Å². The lowest BCUT2D eigenvalue weighted by molar-refractivity contribution is 0.448. The van der Waals surface area contributed by atoms with E-state index < -0.39 is 0 Å². The lowest BCUT2D eigenvalue weighted by Crippen LogP contribution is -2.39. The van der Waals surface area contributed by atoms with Gasteiger partial charge >= 0.3 is 0 Å². The first-order valence-corrected chi connectivity index (χ1v) is 8.31. The van der Waals surface area contributed by atoms with Crippen molar-refractivity contribution < 1.29 is 0 Å². The fourth-order valence-corrected chi connectivity index (χ4v) is 3.39. The van der Waals surface area contributed by atoms with Crippen LogP contribution < -0.4 is 10.2 Å². The molecule has 0 radical (unpaired) electrons. The van der Waals surface area contributed by atoms with E-state index in [0.717, 1.165) is 19.1 Å². The number of anilines is 1. The third-order valence-corrected chi connectivity index (χ3v) is 4.51. The molecule has 1 fully saturated rings. The number of nitrogens with one attached hydrogen (secondary N) is 1. The zero-order chi connectivity index (χ0) is 13.7. The van der Waals surface area contributed by atoms with Crippen LogP contribution in [-0.2, 0) is 6.54 Å². The lowest BCUT2D eigenvalue weighted by Gasteiger charge is -2.38. The quantitative estimate of drug-likeness (QED) is 0.867. The summed E-state index contributed by atoms with van der Waals surface area (Å²) in [5, 5.41) is 3.46. The van der Waals surface area contributed by atoms with Crippen LogP contribution in [0.4, 0.5) is 5.69 Å². The molecule has 0 spiro atoms. The number of piperidine rings is 1. The highest BCUT2D eigenvalue weighted by Gasteiger charge is 2.22. The van der Waals surface area contributed by atoms with Gasteiger partial charge in [0.2, 0.25) is 0 Å². The van der Waals surface area contributed by atoms with E-state index in [0.29, 0.717) is 0 Å². The molecule has 19 heavy (non-hydrogen) atoms. The van der Waals surface area contributed by atoms with E-state index in [1.807, 2.05) is 0 Å². The molecule has 1 aromatic carbocycles. The molecule has 2 rings (SSSR count). The Balaban J connectivity index is 2.25. The van der Waals surface area contributed by atoms with Crippen molar-refractivity contribution in [2.45, 2.75) is 52.1 Å². The van der Waals surface area contributed by atoms with Crippen LogP contribution in [0.25, 0.3) is 0 Å². The third-order valence-electron chi connectivity index (χ3n) is 4.01. The summed E-state index contributed by atoms with van der Waals surface area (Å²) >= 11 is 3.60. The van der Waals surface area contributed by atoms with Crippen molar-refractivity contribution in [1.29, 1.82) is 0 Å². The van der Waals surface area contributed by atoms with E-state index in [1.165, 1.54) is 48.0 Å². The van der Waals surface area contributed by atoms with Gasteiger partial charge in [0.1, 0.15) is 0 Å². The highest BCUT2D eigenvalue weighted by Crippen LogP contribution is 2.31. The minimum atomic E-state index is 0.718. The number of rotatable bonds is 5. The Labute approximate surface area is 125 Å². The molecular weight excluding hydrogens is 300 g/mol. The summed E-state index contributed by atoms with van der Waals surface area (Å²) in [5.74, 6) is 0. The SMILES string of the molecule is CCNCc1cc(Br)ccc1N1CCCCC1CC. The predicted octanol–water partition coefficient (Wildman–Crippen LogP) is 4.33. The maximum atomic E-state index is 3.60. The summed E-state index contributed by atoms with van der Waals surface area (Å²) in [6.45, 7) is 7.65. The summed E-state index contributed by atoms with van der Waals surface area (Å²) in [4.78, 5) is 2.63. The molecule has 0 bridgehead atoms. The van der Waals surface area contributed by atoms with Crippen LogP contribution in [-0.4, -0.2) is 19.1 Å². The van der Waals surface area contributed by atoms with Crippen molar-refractivity contribution in [3.05, 3.63) is 28.2 Å². The summed E-state index contributed by atoms with van der Waals surface area (Å²) in [5.41, 5.74) is 2.84. The molecule has 0 aliphatic carbocycles. The van der Waals surface area contributed by atoms with Gasteiger partial charge in [-0.05, 0) is 56.0 Å². The standard InChI is InChI=1S/C16H25BrN2/c1-3-15-7-5-6-10-19(15)16-9-8-14(17)11-13(16)12-18-4-2/h8-9,11,15,18H,3-7,10,12H2,1-2H3. The molecule has 1 N–H and O–H groups in total. The van der Waals surface area contributed by atoms with Crippen molar-refractivity contribution in [3.8, 4) is 0 Å². The molecule has 1 aromatic rings. The molecule has 1 unspecified atom stereocenters. The smallest absolute Gasteiger partial charge is 0.0415 e. The van der Waals surface area contributed by atoms with Crippen LogP contribution in [0.3, 0.4) is 0 Å². The lowest BCUT2D eigenvalue weighted by atomic mass is 9.98. The normalized spacial score (nSPS) is 19.7. The molecule has 1 aliphatic rings. The highest BCUT2D eigenvalue weighted by atomic mass is 79.9. The first-order chi connectivity index (χ1) is 9.26. The van der Waals surface area contributed by atoms with Crippen LogP contribution in [0, 0.1) is 0 Å². The number of nitrogens with zero attached hydrogens (tertiary/aromatic N) is 1. The van der Waals surface area contributed by atoms with E-state index >= 15 is 0 Å². The van der Waals surface area contributed by atoms with E-state index in [4.69, 9.17) is 0 Å². The molecular formula is C16H25BrN2. The van der Waals surface area contributed by atoms with Crippen LogP contribution >= 0.6 is 15.9 Å². The summed E-state index contributed by atoms with van der Waals surface area (Å²) in [6.07, 6.45) is 5.30. The Morgan fingerprint density at radius 3 is 2.89 bits per heavy atom. The summed E-state index contributed by atoms with van der Waals surface area (Å²) in [6, 6.07) is 7.44. The first-order valence-electron chi connectivity index (χ1n) is 7.52. The van der Waals surface area contributed by atoms with E-state index in [2.05, 4.69) is 58.2 Å². The minimum absolute atomic E-state index is 0.718. The molecule has 1 heterocycles. The van der Waals surface area contributed by atoms with Crippen molar-refractivity contribution in [2.24, 2.45) is 0 Å². The van der Waals surface area contributed by atoms with Crippen molar-refractivity contribution in [1.82, 2.24) is 5.32 Å². The van der Waals surface area contributed by atoms with E-state index in [-0.39, 0.29) is 0 Å². The maximum Gasteiger partial charge on any atom is 0.0415 e. The summed E-state index contributed by atoms with van der Waals surface area (Å²) in [7, 11) is 0. The van der Waals surface area contributed by atoms with Crippen LogP contribution in [0.2, 0.25) is 0 Å². The Kier molecular flexibility index (Phi) is 5.71. The van der Waals surface area contributed by atoms with Crippen LogP contribution in [0.15, 0.2) is 22.7 Å². The van der Waals surface area contributed by atoms with Gasteiger partial charge in [-0.2, -0.15) is 0 Å². The number of halogens is 1. The van der Waals surface area contributed by atoms with Gasteiger partial charge in [0.25, 0.3) is 0 Å². The van der Waals surface area contributed by atoms with Gasteiger partial charge in [0.15, 0.2) is 0 Å².